The minimum absolute atomic E-state index is 0.101. The van der Waals surface area contributed by atoms with Gasteiger partial charge in [0.05, 0.1) is 0 Å². The van der Waals surface area contributed by atoms with Gasteiger partial charge in [-0.15, -0.1) is 0 Å². The zero-order chi connectivity index (χ0) is 51.4. The van der Waals surface area contributed by atoms with E-state index in [1.165, 1.54) is 167 Å². The van der Waals surface area contributed by atoms with Crippen molar-refractivity contribution in [3.8, 4) is 0 Å². The summed E-state index contributed by atoms with van der Waals surface area (Å²) < 4.78 is 16.8. The zero-order valence-corrected chi connectivity index (χ0v) is 46.7. The van der Waals surface area contributed by atoms with Gasteiger partial charge in [-0.2, -0.15) is 0 Å². The minimum Gasteiger partial charge on any atom is -0.462 e. The highest BCUT2D eigenvalue weighted by atomic mass is 16.6. The third kappa shape index (κ3) is 57.4. The fourth-order valence-corrected chi connectivity index (χ4v) is 8.35. The van der Waals surface area contributed by atoms with Crippen LogP contribution < -0.4 is 0 Å². The Morgan fingerprint density at radius 2 is 0.563 bits per heavy atom. The lowest BCUT2D eigenvalue weighted by molar-refractivity contribution is -0.167. The molecule has 408 valence electrons. The number of esters is 3. The van der Waals surface area contributed by atoms with Gasteiger partial charge in [-0.3, -0.25) is 14.4 Å². The first kappa shape index (κ1) is 67.6. The van der Waals surface area contributed by atoms with E-state index < -0.39 is 6.10 Å². The van der Waals surface area contributed by atoms with Gasteiger partial charge >= 0.3 is 17.9 Å². The number of carbonyl (C=O) groups is 3. The fraction of sp³-hybridized carbons (Fsp3) is 0.738. The van der Waals surface area contributed by atoms with Crippen molar-refractivity contribution in [2.24, 2.45) is 0 Å². The van der Waals surface area contributed by atoms with Crippen LogP contribution in [-0.2, 0) is 28.6 Å². The molecule has 0 radical (unpaired) electrons. The molecule has 0 amide bonds. The maximum atomic E-state index is 12.9. The van der Waals surface area contributed by atoms with Gasteiger partial charge in [0, 0.05) is 19.3 Å². The lowest BCUT2D eigenvalue weighted by Gasteiger charge is -2.18. The molecule has 0 heterocycles. The topological polar surface area (TPSA) is 78.9 Å². The number of ether oxygens (including phenoxy) is 3. The van der Waals surface area contributed by atoms with E-state index >= 15 is 0 Å². The summed E-state index contributed by atoms with van der Waals surface area (Å²) >= 11 is 0. The van der Waals surface area contributed by atoms with Crippen molar-refractivity contribution in [2.75, 3.05) is 13.2 Å². The molecule has 0 saturated carbocycles. The van der Waals surface area contributed by atoms with Crippen LogP contribution in [-0.4, -0.2) is 37.2 Å². The molecule has 0 saturated heterocycles. The molecule has 0 spiro atoms. The van der Waals surface area contributed by atoms with Crippen molar-refractivity contribution < 1.29 is 28.6 Å². The van der Waals surface area contributed by atoms with E-state index in [1.807, 2.05) is 0 Å². The van der Waals surface area contributed by atoms with Gasteiger partial charge in [-0.25, -0.2) is 0 Å². The van der Waals surface area contributed by atoms with Crippen molar-refractivity contribution in [1.82, 2.24) is 0 Å². The third-order valence-corrected chi connectivity index (χ3v) is 12.9. The van der Waals surface area contributed by atoms with Crippen LogP contribution in [0.5, 0.6) is 0 Å². The van der Waals surface area contributed by atoms with E-state index in [-0.39, 0.29) is 37.5 Å². The molecule has 0 N–H and O–H groups in total. The Morgan fingerprint density at radius 1 is 0.296 bits per heavy atom. The average molecular weight is 990 g/mol. The molecule has 6 nitrogen and oxygen atoms in total. The average Bonchev–Trinajstić information content (AvgIpc) is 3.37. The van der Waals surface area contributed by atoms with Crippen molar-refractivity contribution in [2.45, 2.75) is 297 Å². The van der Waals surface area contributed by atoms with Crippen LogP contribution in [0.25, 0.3) is 0 Å². The van der Waals surface area contributed by atoms with E-state index in [4.69, 9.17) is 14.2 Å². The second kappa shape index (κ2) is 59.2. The van der Waals surface area contributed by atoms with Gasteiger partial charge in [-0.05, 0) is 109 Å². The summed E-state index contributed by atoms with van der Waals surface area (Å²) in [5.74, 6) is -0.958. The third-order valence-electron chi connectivity index (χ3n) is 12.9. The maximum Gasteiger partial charge on any atom is 0.306 e. The van der Waals surface area contributed by atoms with Crippen LogP contribution in [0.2, 0.25) is 0 Å². The van der Waals surface area contributed by atoms with E-state index in [1.54, 1.807) is 0 Å². The molecule has 0 aromatic heterocycles. The highest BCUT2D eigenvalue weighted by Crippen LogP contribution is 2.15. The molecule has 0 aliphatic carbocycles. The van der Waals surface area contributed by atoms with Crippen molar-refractivity contribution in [3.63, 3.8) is 0 Å². The molecule has 0 bridgehead atoms. The SMILES string of the molecule is CC/C=C\C/C=C\C/C=C\C/C=C\C/C=C\CCCC(=O)OC(COC(=O)CCCCCCCCC/C=C\CCCCCCCC)COC(=O)CCCCCCCCCCC/C=C\CCCCCCCC. The van der Waals surface area contributed by atoms with Crippen LogP contribution in [0, 0.1) is 0 Å². The Labute approximate surface area is 439 Å². The number of hydrogen-bond acceptors (Lipinski definition) is 6. The van der Waals surface area contributed by atoms with Gasteiger partial charge in [0.15, 0.2) is 6.10 Å². The fourth-order valence-electron chi connectivity index (χ4n) is 8.35. The quantitative estimate of drug-likeness (QED) is 0.0261. The summed E-state index contributed by atoms with van der Waals surface area (Å²) in [5.41, 5.74) is 0. The number of carbonyl (C=O) groups excluding carboxylic acids is 3. The Hall–Kier alpha value is -3.41. The molecule has 0 rings (SSSR count). The summed E-state index contributed by atoms with van der Waals surface area (Å²) in [6.07, 6.45) is 77.2. The predicted molar refractivity (Wildman–Crippen MR) is 307 cm³/mol. The van der Waals surface area contributed by atoms with Crippen LogP contribution in [0.1, 0.15) is 290 Å². The number of rotatable bonds is 54. The summed E-state index contributed by atoms with van der Waals surface area (Å²) in [6.45, 7) is 6.49. The lowest BCUT2D eigenvalue weighted by atomic mass is 10.1. The molecule has 0 aromatic rings. The number of hydrogen-bond donors (Lipinski definition) is 0. The molecular weight excluding hydrogens is 877 g/mol. The first-order valence-corrected chi connectivity index (χ1v) is 30.1. The molecule has 0 aromatic carbocycles. The Morgan fingerprint density at radius 3 is 0.915 bits per heavy atom. The van der Waals surface area contributed by atoms with E-state index in [0.29, 0.717) is 19.3 Å². The molecule has 0 fully saturated rings. The lowest BCUT2D eigenvalue weighted by Crippen LogP contribution is -2.30. The molecule has 0 aliphatic heterocycles. The summed E-state index contributed by atoms with van der Waals surface area (Å²) in [5, 5.41) is 0. The van der Waals surface area contributed by atoms with Crippen molar-refractivity contribution >= 4 is 17.9 Å². The van der Waals surface area contributed by atoms with E-state index in [2.05, 4.69) is 106 Å². The van der Waals surface area contributed by atoms with Gasteiger partial charge in [-0.1, -0.05) is 247 Å². The maximum absolute atomic E-state index is 12.9. The van der Waals surface area contributed by atoms with Gasteiger partial charge in [0.2, 0.25) is 0 Å². The largest absolute Gasteiger partial charge is 0.462 e. The zero-order valence-electron chi connectivity index (χ0n) is 46.7. The van der Waals surface area contributed by atoms with E-state index in [0.717, 1.165) is 77.0 Å². The summed E-state index contributed by atoms with van der Waals surface area (Å²) in [4.78, 5) is 38.2. The van der Waals surface area contributed by atoms with Crippen LogP contribution in [0.15, 0.2) is 85.1 Å². The Balaban J connectivity index is 4.45. The second-order valence-electron chi connectivity index (χ2n) is 19.9. The molecule has 6 heteroatoms. The van der Waals surface area contributed by atoms with Gasteiger partial charge in [0.1, 0.15) is 13.2 Å². The van der Waals surface area contributed by atoms with Crippen LogP contribution >= 0.6 is 0 Å². The minimum atomic E-state index is -0.810. The number of allylic oxidation sites excluding steroid dienone is 14. The standard InChI is InChI=1S/C65H112O6/c1-4-7-10-13-16-19-22-25-28-31-32-35-37-40-43-46-49-52-55-58-64(67)70-61-62(71-65(68)59-56-53-50-47-44-41-38-34-30-27-24-21-18-15-12-9-6-3)60-69-63(66)57-54-51-48-45-42-39-36-33-29-26-23-20-17-14-11-8-5-2/h9,12,18,21,25-30,38,41,47,50,62H,4-8,10-11,13-17,19-20,22-24,31-37,39-40,42-46,48-49,51-61H2,1-3H3/b12-9-,21-18-,28-25-,29-26-,30-27-,41-38-,50-47-. The smallest absolute Gasteiger partial charge is 0.306 e. The monoisotopic (exact) mass is 989 g/mol. The van der Waals surface area contributed by atoms with Gasteiger partial charge in [0.25, 0.3) is 0 Å². The van der Waals surface area contributed by atoms with E-state index in [9.17, 15) is 14.4 Å². The summed E-state index contributed by atoms with van der Waals surface area (Å²) in [7, 11) is 0. The predicted octanol–water partition coefficient (Wildman–Crippen LogP) is 20.3. The molecule has 1 unspecified atom stereocenters. The highest BCUT2D eigenvalue weighted by molar-refractivity contribution is 5.71. The molecule has 1 atom stereocenters. The molecule has 71 heavy (non-hydrogen) atoms. The molecule has 0 aliphatic rings. The first-order chi connectivity index (χ1) is 35.0. The Bertz CT molecular complexity index is 1370. The Kier molecular flexibility index (Phi) is 56.3. The van der Waals surface area contributed by atoms with Crippen LogP contribution in [0.3, 0.4) is 0 Å². The van der Waals surface area contributed by atoms with Crippen LogP contribution in [0.4, 0.5) is 0 Å². The second-order valence-corrected chi connectivity index (χ2v) is 19.9. The van der Waals surface area contributed by atoms with Crippen molar-refractivity contribution in [3.05, 3.63) is 85.1 Å². The first-order valence-electron chi connectivity index (χ1n) is 30.1. The molecular formula is C65H112O6. The number of unbranched alkanes of at least 4 members (excludes halogenated alkanes) is 29. The van der Waals surface area contributed by atoms with Crippen molar-refractivity contribution in [1.29, 1.82) is 0 Å². The normalized spacial score (nSPS) is 12.7. The highest BCUT2D eigenvalue weighted by Gasteiger charge is 2.19. The summed E-state index contributed by atoms with van der Waals surface area (Å²) in [6, 6.07) is 0. The van der Waals surface area contributed by atoms with Gasteiger partial charge < -0.3 is 14.2 Å².